The quantitative estimate of drug-likeness (QED) is 0.345. The molecule has 1 unspecified atom stereocenters. The number of carbonyl (C=O) groups is 1. The third-order valence-electron chi connectivity index (χ3n) is 4.69. The molecule has 2 aromatic heterocycles. The molecule has 6 nitrogen and oxygen atoms in total. The molecule has 3 aromatic rings. The van der Waals surface area contributed by atoms with Crippen molar-refractivity contribution in [2.45, 2.75) is 41.6 Å². The number of ether oxygens (including phenoxy) is 1. The second-order valence-corrected chi connectivity index (χ2v) is 9.94. The number of halogens is 1. The fourth-order valence-corrected chi connectivity index (χ4v) is 5.01. The highest BCUT2D eigenvalue weighted by Gasteiger charge is 2.33. The van der Waals surface area contributed by atoms with Crippen LogP contribution in [0.4, 0.5) is 10.9 Å². The van der Waals surface area contributed by atoms with Gasteiger partial charge in [0.1, 0.15) is 11.4 Å². The Kier molecular flexibility index (Phi) is 8.62. The van der Waals surface area contributed by atoms with Gasteiger partial charge < -0.3 is 15.2 Å². The van der Waals surface area contributed by atoms with Gasteiger partial charge in [-0.25, -0.2) is 9.97 Å². The van der Waals surface area contributed by atoms with Gasteiger partial charge in [0.25, 0.3) is 0 Å². The number of methoxy groups -OCH3 is 1. The van der Waals surface area contributed by atoms with E-state index in [1.165, 1.54) is 18.4 Å². The lowest BCUT2D eigenvalue weighted by Gasteiger charge is -2.25. The largest absolute Gasteiger partial charge is 0.396 e. The Morgan fingerprint density at radius 2 is 2.13 bits per heavy atom. The lowest BCUT2D eigenvalue weighted by molar-refractivity contribution is -0.139. The SMILES string of the molecule is COC(C)(Cc1csc(Nc2ncc(Br)cc2Sc2ccccc2)n1)C(=O)CCCO. The molecule has 0 bridgehead atoms. The second-order valence-electron chi connectivity index (χ2n) is 7.05. The monoisotopic (exact) mass is 521 g/mol. The summed E-state index contributed by atoms with van der Waals surface area (Å²) in [6.45, 7) is 1.75. The number of hydrogen-bond donors (Lipinski definition) is 2. The first kappa shape index (κ1) is 23.9. The van der Waals surface area contributed by atoms with Crippen LogP contribution in [-0.4, -0.2) is 40.2 Å². The van der Waals surface area contributed by atoms with Crippen molar-refractivity contribution in [3.63, 3.8) is 0 Å². The highest BCUT2D eigenvalue weighted by atomic mass is 79.9. The van der Waals surface area contributed by atoms with E-state index in [9.17, 15) is 4.79 Å². The van der Waals surface area contributed by atoms with E-state index in [2.05, 4.69) is 43.3 Å². The molecule has 2 heterocycles. The van der Waals surface area contributed by atoms with Gasteiger partial charge in [-0.2, -0.15) is 0 Å². The number of aliphatic hydroxyl groups excluding tert-OH is 1. The van der Waals surface area contributed by atoms with Crippen molar-refractivity contribution < 1.29 is 14.6 Å². The number of nitrogens with zero attached hydrogens (tertiary/aromatic N) is 2. The molecular formula is C22H24BrN3O3S2. The molecule has 1 atom stereocenters. The van der Waals surface area contributed by atoms with Crippen molar-refractivity contribution >= 4 is 55.8 Å². The van der Waals surface area contributed by atoms with Crippen LogP contribution in [0.1, 0.15) is 25.5 Å². The molecule has 0 saturated carbocycles. The Morgan fingerprint density at radius 3 is 2.84 bits per heavy atom. The third-order valence-corrected chi connectivity index (χ3v) is 6.97. The molecule has 0 fully saturated rings. The summed E-state index contributed by atoms with van der Waals surface area (Å²) >= 11 is 6.56. The maximum Gasteiger partial charge on any atom is 0.188 e. The number of carbonyl (C=O) groups excluding carboxylic acids is 1. The van der Waals surface area contributed by atoms with E-state index in [0.717, 1.165) is 20.0 Å². The minimum absolute atomic E-state index is 0.0141. The summed E-state index contributed by atoms with van der Waals surface area (Å²) in [6.07, 6.45) is 2.82. The number of hydrogen-bond acceptors (Lipinski definition) is 8. The first-order chi connectivity index (χ1) is 14.9. The minimum Gasteiger partial charge on any atom is -0.396 e. The molecule has 0 saturated heterocycles. The zero-order chi connectivity index (χ0) is 22.3. The van der Waals surface area contributed by atoms with Gasteiger partial charge in [-0.05, 0) is 47.5 Å². The van der Waals surface area contributed by atoms with Gasteiger partial charge >= 0.3 is 0 Å². The van der Waals surface area contributed by atoms with Gasteiger partial charge in [-0.3, -0.25) is 4.79 Å². The Balaban J connectivity index is 1.74. The van der Waals surface area contributed by atoms with E-state index in [4.69, 9.17) is 9.84 Å². The minimum atomic E-state index is -0.968. The summed E-state index contributed by atoms with van der Waals surface area (Å²) in [7, 11) is 1.53. The van der Waals surface area contributed by atoms with E-state index in [0.29, 0.717) is 23.8 Å². The smallest absolute Gasteiger partial charge is 0.188 e. The zero-order valence-electron chi connectivity index (χ0n) is 17.3. The van der Waals surface area contributed by atoms with Gasteiger partial charge in [0, 0.05) is 47.5 Å². The van der Waals surface area contributed by atoms with Gasteiger partial charge in [0.05, 0.1) is 10.6 Å². The molecule has 164 valence electrons. The third kappa shape index (κ3) is 6.60. The number of aromatic nitrogens is 2. The van der Waals surface area contributed by atoms with Gasteiger partial charge in [0.15, 0.2) is 10.9 Å². The van der Waals surface area contributed by atoms with Crippen LogP contribution in [0.15, 0.2) is 62.2 Å². The van der Waals surface area contributed by atoms with Crippen LogP contribution in [0.3, 0.4) is 0 Å². The predicted molar refractivity (Wildman–Crippen MR) is 128 cm³/mol. The van der Waals surface area contributed by atoms with Crippen molar-refractivity contribution in [3.05, 3.63) is 58.1 Å². The summed E-state index contributed by atoms with van der Waals surface area (Å²) in [5.41, 5.74) is -0.200. The lowest BCUT2D eigenvalue weighted by atomic mass is 9.92. The number of anilines is 2. The maximum atomic E-state index is 12.5. The standard InChI is InChI=1S/C22H24BrN3O3S2/c1-22(29-2,19(28)9-6-10-27)12-16-14-30-21(25-16)26-20-18(11-15(23)13-24-20)31-17-7-4-3-5-8-17/h3-5,7-8,11,13-14,27H,6,9-10,12H2,1-2H3,(H,24,25,26). The molecule has 0 radical (unpaired) electrons. The Morgan fingerprint density at radius 1 is 1.35 bits per heavy atom. The number of aliphatic hydroxyl groups is 1. The first-order valence-electron chi connectivity index (χ1n) is 9.72. The summed E-state index contributed by atoms with van der Waals surface area (Å²) in [6, 6.07) is 12.1. The molecule has 1 aromatic carbocycles. The van der Waals surface area contributed by atoms with Gasteiger partial charge in [-0.1, -0.05) is 30.0 Å². The van der Waals surface area contributed by atoms with Crippen LogP contribution >= 0.6 is 39.0 Å². The normalized spacial score (nSPS) is 13.0. The van der Waals surface area contributed by atoms with E-state index in [1.807, 2.05) is 29.6 Å². The highest BCUT2D eigenvalue weighted by Crippen LogP contribution is 2.36. The molecule has 9 heteroatoms. The Labute approximate surface area is 198 Å². The average Bonchev–Trinajstić information content (AvgIpc) is 3.21. The van der Waals surface area contributed by atoms with Crippen molar-refractivity contribution in [3.8, 4) is 0 Å². The number of pyridine rings is 1. The molecule has 0 spiro atoms. The number of rotatable bonds is 11. The van der Waals surface area contributed by atoms with E-state index >= 15 is 0 Å². The molecule has 31 heavy (non-hydrogen) atoms. The van der Waals surface area contributed by atoms with E-state index in [-0.39, 0.29) is 18.8 Å². The molecule has 3 rings (SSSR count). The summed E-state index contributed by atoms with van der Waals surface area (Å²) in [4.78, 5) is 23.8. The summed E-state index contributed by atoms with van der Waals surface area (Å²) in [5, 5.41) is 14.9. The molecule has 2 N–H and O–H groups in total. The van der Waals surface area contributed by atoms with Crippen LogP contribution in [0.5, 0.6) is 0 Å². The fraction of sp³-hybridized carbons (Fsp3) is 0.318. The van der Waals surface area contributed by atoms with Gasteiger partial charge in [-0.15, -0.1) is 11.3 Å². The predicted octanol–water partition coefficient (Wildman–Crippen LogP) is 5.48. The number of nitrogens with one attached hydrogen (secondary N) is 1. The van der Waals surface area contributed by atoms with Crippen molar-refractivity contribution in [1.82, 2.24) is 9.97 Å². The van der Waals surface area contributed by atoms with Crippen LogP contribution in [0.25, 0.3) is 0 Å². The molecule has 0 aliphatic heterocycles. The van der Waals surface area contributed by atoms with Crippen molar-refractivity contribution in [2.75, 3.05) is 19.0 Å². The fourth-order valence-electron chi connectivity index (χ4n) is 2.89. The van der Waals surface area contributed by atoms with Crippen molar-refractivity contribution in [2.24, 2.45) is 0 Å². The van der Waals surface area contributed by atoms with Crippen LogP contribution in [0, 0.1) is 0 Å². The van der Waals surface area contributed by atoms with E-state index < -0.39 is 5.60 Å². The Bertz CT molecular complexity index is 1020. The van der Waals surface area contributed by atoms with Crippen molar-refractivity contribution in [1.29, 1.82) is 0 Å². The topological polar surface area (TPSA) is 84.3 Å². The number of ketones is 1. The number of thiazole rings is 1. The first-order valence-corrected chi connectivity index (χ1v) is 12.2. The molecule has 0 amide bonds. The van der Waals surface area contributed by atoms with Crippen LogP contribution < -0.4 is 5.32 Å². The highest BCUT2D eigenvalue weighted by molar-refractivity contribution is 9.10. The number of Topliss-reactive ketones (excluding diaryl/α,β-unsaturated/α-hetero) is 1. The number of benzene rings is 1. The summed E-state index contributed by atoms with van der Waals surface area (Å²) < 4.78 is 6.42. The van der Waals surface area contributed by atoms with Crippen LogP contribution in [-0.2, 0) is 16.0 Å². The molecular weight excluding hydrogens is 498 g/mol. The van der Waals surface area contributed by atoms with Crippen LogP contribution in [0.2, 0.25) is 0 Å². The average molecular weight is 522 g/mol. The zero-order valence-corrected chi connectivity index (χ0v) is 20.5. The summed E-state index contributed by atoms with van der Waals surface area (Å²) in [5.74, 6) is 0.675. The lowest BCUT2D eigenvalue weighted by Crippen LogP contribution is -2.40. The maximum absolute atomic E-state index is 12.5. The van der Waals surface area contributed by atoms with Gasteiger partial charge in [0.2, 0.25) is 0 Å². The molecule has 0 aliphatic rings. The van der Waals surface area contributed by atoms with E-state index in [1.54, 1.807) is 24.9 Å². The molecule has 0 aliphatic carbocycles. The Hall–Kier alpha value is -1.78. The second kappa shape index (κ2) is 11.2.